The number of rotatable bonds is 4. The SMILES string of the molecule is Cc1ccc(CCC(=O)N2CCC(CBr)C2)cc1. The predicted molar refractivity (Wildman–Crippen MR) is 78.0 cm³/mol. The molecule has 0 N–H and O–H groups in total. The van der Waals surface area contributed by atoms with Gasteiger partial charge < -0.3 is 4.90 Å². The van der Waals surface area contributed by atoms with Crippen LogP contribution in [0, 0.1) is 12.8 Å². The van der Waals surface area contributed by atoms with Crippen LogP contribution < -0.4 is 0 Å². The predicted octanol–water partition coefficient (Wildman–Crippen LogP) is 3.17. The third kappa shape index (κ3) is 3.58. The molecule has 0 aromatic heterocycles. The number of hydrogen-bond donors (Lipinski definition) is 0. The molecule has 0 spiro atoms. The molecule has 1 fully saturated rings. The molecule has 3 heteroatoms. The Hall–Kier alpha value is -0.830. The molecule has 0 radical (unpaired) electrons. The summed E-state index contributed by atoms with van der Waals surface area (Å²) in [6.45, 7) is 3.94. The van der Waals surface area contributed by atoms with Crippen molar-refractivity contribution < 1.29 is 4.79 Å². The first-order valence-electron chi connectivity index (χ1n) is 6.58. The third-order valence-corrected chi connectivity index (χ3v) is 4.52. The number of amides is 1. The number of likely N-dealkylation sites (tertiary alicyclic amines) is 1. The molecule has 1 amide bonds. The van der Waals surface area contributed by atoms with Crippen LogP contribution in [-0.4, -0.2) is 29.2 Å². The Balaban J connectivity index is 1.80. The lowest BCUT2D eigenvalue weighted by Crippen LogP contribution is -2.29. The molecule has 98 valence electrons. The lowest BCUT2D eigenvalue weighted by molar-refractivity contribution is -0.130. The minimum atomic E-state index is 0.305. The van der Waals surface area contributed by atoms with E-state index >= 15 is 0 Å². The number of nitrogens with zero attached hydrogens (tertiary/aromatic N) is 1. The van der Waals surface area contributed by atoms with Gasteiger partial charge in [-0.3, -0.25) is 4.79 Å². The van der Waals surface area contributed by atoms with Crippen molar-refractivity contribution in [1.82, 2.24) is 4.90 Å². The van der Waals surface area contributed by atoms with Crippen LogP contribution in [0.25, 0.3) is 0 Å². The van der Waals surface area contributed by atoms with E-state index in [4.69, 9.17) is 0 Å². The van der Waals surface area contributed by atoms with E-state index < -0.39 is 0 Å². The van der Waals surface area contributed by atoms with Crippen molar-refractivity contribution in [3.05, 3.63) is 35.4 Å². The smallest absolute Gasteiger partial charge is 0.222 e. The van der Waals surface area contributed by atoms with Gasteiger partial charge in [0.2, 0.25) is 5.91 Å². The maximum atomic E-state index is 12.1. The molecule has 1 unspecified atom stereocenters. The van der Waals surface area contributed by atoms with Crippen molar-refractivity contribution in [2.24, 2.45) is 5.92 Å². The molecule has 0 aliphatic carbocycles. The number of aryl methyl sites for hydroxylation is 2. The first-order valence-corrected chi connectivity index (χ1v) is 7.70. The Bertz CT molecular complexity index is 401. The molecule has 2 nitrogen and oxygen atoms in total. The summed E-state index contributed by atoms with van der Waals surface area (Å²) in [5, 5.41) is 1.01. The highest BCUT2D eigenvalue weighted by atomic mass is 79.9. The number of benzene rings is 1. The number of halogens is 1. The van der Waals surface area contributed by atoms with Crippen LogP contribution in [0.4, 0.5) is 0 Å². The maximum absolute atomic E-state index is 12.1. The molecule has 0 saturated carbocycles. The van der Waals surface area contributed by atoms with Crippen LogP contribution in [0.2, 0.25) is 0 Å². The zero-order valence-corrected chi connectivity index (χ0v) is 12.4. The van der Waals surface area contributed by atoms with E-state index in [1.165, 1.54) is 11.1 Å². The summed E-state index contributed by atoms with van der Waals surface area (Å²) in [5.74, 6) is 0.951. The van der Waals surface area contributed by atoms with Crippen LogP contribution in [0.5, 0.6) is 0 Å². The fraction of sp³-hybridized carbons (Fsp3) is 0.533. The molecule has 1 aliphatic heterocycles. The monoisotopic (exact) mass is 309 g/mol. The molecular formula is C15H20BrNO. The molecule has 1 heterocycles. The van der Waals surface area contributed by atoms with E-state index in [2.05, 4.69) is 47.1 Å². The van der Waals surface area contributed by atoms with Crippen LogP contribution in [0.1, 0.15) is 24.0 Å². The van der Waals surface area contributed by atoms with Crippen LogP contribution in [0.15, 0.2) is 24.3 Å². The van der Waals surface area contributed by atoms with E-state index in [9.17, 15) is 4.79 Å². The Morgan fingerprint density at radius 2 is 2.11 bits per heavy atom. The Morgan fingerprint density at radius 3 is 2.72 bits per heavy atom. The molecule has 1 saturated heterocycles. The van der Waals surface area contributed by atoms with E-state index in [1.807, 2.05) is 4.90 Å². The van der Waals surface area contributed by atoms with Gasteiger partial charge in [0.1, 0.15) is 0 Å². The molecule has 0 bridgehead atoms. The number of hydrogen-bond acceptors (Lipinski definition) is 1. The first-order chi connectivity index (χ1) is 8.69. The average molecular weight is 310 g/mol. The van der Waals surface area contributed by atoms with Gasteiger partial charge in [-0.05, 0) is 31.2 Å². The lowest BCUT2D eigenvalue weighted by atomic mass is 10.1. The third-order valence-electron chi connectivity index (χ3n) is 3.60. The number of alkyl halides is 1. The van der Waals surface area contributed by atoms with Crippen LogP contribution >= 0.6 is 15.9 Å². The van der Waals surface area contributed by atoms with E-state index in [-0.39, 0.29) is 0 Å². The topological polar surface area (TPSA) is 20.3 Å². The van der Waals surface area contributed by atoms with Gasteiger partial charge in [-0.2, -0.15) is 0 Å². The number of carbonyl (C=O) groups excluding carboxylic acids is 1. The van der Waals surface area contributed by atoms with E-state index in [1.54, 1.807) is 0 Å². The minimum Gasteiger partial charge on any atom is -0.342 e. The molecular weight excluding hydrogens is 290 g/mol. The first kappa shape index (κ1) is 13.6. The van der Waals surface area contributed by atoms with Crippen molar-refractivity contribution >= 4 is 21.8 Å². The fourth-order valence-electron chi connectivity index (χ4n) is 2.35. The lowest BCUT2D eigenvalue weighted by Gasteiger charge is -2.16. The van der Waals surface area contributed by atoms with Gasteiger partial charge >= 0.3 is 0 Å². The summed E-state index contributed by atoms with van der Waals surface area (Å²) in [5.41, 5.74) is 2.52. The zero-order valence-electron chi connectivity index (χ0n) is 10.9. The Kier molecular flexibility index (Phi) is 4.81. The van der Waals surface area contributed by atoms with Gasteiger partial charge in [0.15, 0.2) is 0 Å². The van der Waals surface area contributed by atoms with Gasteiger partial charge in [-0.15, -0.1) is 0 Å². The van der Waals surface area contributed by atoms with Crippen molar-refractivity contribution in [3.63, 3.8) is 0 Å². The highest BCUT2D eigenvalue weighted by molar-refractivity contribution is 9.09. The second-order valence-electron chi connectivity index (χ2n) is 5.13. The van der Waals surface area contributed by atoms with Gasteiger partial charge in [0.25, 0.3) is 0 Å². The summed E-state index contributed by atoms with van der Waals surface area (Å²) >= 11 is 3.50. The van der Waals surface area contributed by atoms with Crippen LogP contribution in [0.3, 0.4) is 0 Å². The van der Waals surface area contributed by atoms with Crippen LogP contribution in [-0.2, 0) is 11.2 Å². The molecule has 1 aromatic rings. The highest BCUT2D eigenvalue weighted by Gasteiger charge is 2.24. The van der Waals surface area contributed by atoms with E-state index in [0.717, 1.165) is 31.3 Å². The van der Waals surface area contributed by atoms with Crippen molar-refractivity contribution in [2.75, 3.05) is 18.4 Å². The quantitative estimate of drug-likeness (QED) is 0.782. The summed E-state index contributed by atoms with van der Waals surface area (Å²) in [6, 6.07) is 8.45. The largest absolute Gasteiger partial charge is 0.342 e. The minimum absolute atomic E-state index is 0.305. The zero-order chi connectivity index (χ0) is 13.0. The average Bonchev–Trinajstić information content (AvgIpc) is 2.86. The second kappa shape index (κ2) is 6.37. The van der Waals surface area contributed by atoms with Gasteiger partial charge in [-0.1, -0.05) is 45.8 Å². The van der Waals surface area contributed by atoms with E-state index in [0.29, 0.717) is 18.2 Å². The van der Waals surface area contributed by atoms with Crippen molar-refractivity contribution in [1.29, 1.82) is 0 Å². The standard InChI is InChI=1S/C15H20BrNO/c1-12-2-4-13(5-3-12)6-7-15(18)17-9-8-14(10-16)11-17/h2-5,14H,6-11H2,1H3. The highest BCUT2D eigenvalue weighted by Crippen LogP contribution is 2.19. The normalized spacial score (nSPS) is 19.2. The van der Waals surface area contributed by atoms with Crippen molar-refractivity contribution in [2.45, 2.75) is 26.2 Å². The van der Waals surface area contributed by atoms with Crippen molar-refractivity contribution in [3.8, 4) is 0 Å². The summed E-state index contributed by atoms with van der Waals surface area (Å²) in [6.07, 6.45) is 2.63. The molecule has 1 atom stereocenters. The van der Waals surface area contributed by atoms with Gasteiger partial charge in [-0.25, -0.2) is 0 Å². The number of carbonyl (C=O) groups is 1. The molecule has 1 aliphatic rings. The Morgan fingerprint density at radius 1 is 1.39 bits per heavy atom. The summed E-state index contributed by atoms with van der Waals surface area (Å²) in [4.78, 5) is 14.1. The van der Waals surface area contributed by atoms with Gasteiger partial charge in [0, 0.05) is 24.8 Å². The maximum Gasteiger partial charge on any atom is 0.222 e. The Labute approximate surface area is 117 Å². The fourth-order valence-corrected chi connectivity index (χ4v) is 2.88. The molecule has 2 rings (SSSR count). The molecule has 18 heavy (non-hydrogen) atoms. The molecule has 1 aromatic carbocycles. The second-order valence-corrected chi connectivity index (χ2v) is 5.78. The summed E-state index contributed by atoms with van der Waals surface area (Å²) < 4.78 is 0. The summed E-state index contributed by atoms with van der Waals surface area (Å²) in [7, 11) is 0. The van der Waals surface area contributed by atoms with Gasteiger partial charge in [0.05, 0.1) is 0 Å².